The summed E-state index contributed by atoms with van der Waals surface area (Å²) in [4.78, 5) is 27.0. The molecule has 5 saturated heterocycles. The van der Waals surface area contributed by atoms with Gasteiger partial charge in [0.15, 0.2) is 31.5 Å². The number of rotatable bonds is 18. The second-order valence-electron chi connectivity index (χ2n) is 26.0. The van der Waals surface area contributed by atoms with E-state index in [1.807, 2.05) is 40.7 Å². The summed E-state index contributed by atoms with van der Waals surface area (Å²) >= 11 is 0. The van der Waals surface area contributed by atoms with Gasteiger partial charge in [-0.3, -0.25) is 4.79 Å². The lowest BCUT2D eigenvalue weighted by atomic mass is 9.43. The number of aliphatic hydroxyl groups is 3. The number of hydrogen-bond acceptors (Lipinski definition) is 21. The quantitative estimate of drug-likeness (QED) is 0.109. The van der Waals surface area contributed by atoms with Crippen LogP contribution < -0.4 is 0 Å². The number of esters is 1. The van der Waals surface area contributed by atoms with Crippen molar-refractivity contribution in [1.82, 2.24) is 0 Å². The van der Waals surface area contributed by atoms with E-state index in [-0.39, 0.29) is 36.9 Å². The van der Waals surface area contributed by atoms with Gasteiger partial charge in [0.05, 0.1) is 72.7 Å². The molecule has 10 rings (SSSR count). The number of carbonyl (C=O) groups is 2. The third kappa shape index (κ3) is 12.0. The largest absolute Gasteiger partial charge is 0.458 e. The van der Waals surface area contributed by atoms with Crippen molar-refractivity contribution in [3.05, 3.63) is 47.5 Å². The van der Waals surface area contributed by atoms with Crippen LogP contribution >= 0.6 is 0 Å². The molecule has 9 aliphatic rings. The van der Waals surface area contributed by atoms with E-state index in [0.717, 1.165) is 5.57 Å². The second kappa shape index (κ2) is 26.1. The van der Waals surface area contributed by atoms with Crippen LogP contribution in [0.5, 0.6) is 0 Å². The van der Waals surface area contributed by atoms with Crippen LogP contribution in [-0.2, 0) is 80.6 Å². The second-order valence-corrected chi connectivity index (χ2v) is 26.0. The summed E-state index contributed by atoms with van der Waals surface area (Å²) in [6.07, 6.45) is -4.08. The number of carbonyl (C=O) groups excluding carboxylic acids is 2. The topological polar surface area (TPSA) is 243 Å². The van der Waals surface area contributed by atoms with E-state index in [2.05, 4.69) is 13.0 Å². The van der Waals surface area contributed by atoms with Crippen LogP contribution in [0.2, 0.25) is 0 Å². The van der Waals surface area contributed by atoms with Crippen LogP contribution in [0.15, 0.2) is 42.0 Å². The Hall–Kier alpha value is -2.62. The highest BCUT2D eigenvalue weighted by Crippen LogP contribution is 2.70. The molecule has 3 saturated carbocycles. The van der Waals surface area contributed by atoms with Gasteiger partial charge >= 0.3 is 5.97 Å². The van der Waals surface area contributed by atoms with E-state index in [0.29, 0.717) is 69.8 Å². The number of benzene rings is 1. The van der Waals surface area contributed by atoms with Crippen LogP contribution in [0.3, 0.4) is 0 Å². The minimum atomic E-state index is -1.68. The molecule has 0 aromatic heterocycles. The highest BCUT2D eigenvalue weighted by molar-refractivity contribution is 5.89. The number of methoxy groups -OCH3 is 5. The van der Waals surface area contributed by atoms with E-state index < -0.39 is 157 Å². The molecule has 1 aromatic carbocycles. The lowest BCUT2D eigenvalue weighted by molar-refractivity contribution is -0.352. The van der Waals surface area contributed by atoms with Gasteiger partial charge in [0.25, 0.3) is 0 Å². The average molecular weight is 1190 g/mol. The average Bonchev–Trinajstić information content (AvgIpc) is 1.30. The normalized spacial score (nSPS) is 48.7. The Morgan fingerprint density at radius 2 is 0.988 bits per heavy atom. The van der Waals surface area contributed by atoms with Crippen molar-refractivity contribution in [2.75, 3.05) is 35.5 Å². The minimum Gasteiger partial charge on any atom is -0.458 e. The summed E-state index contributed by atoms with van der Waals surface area (Å²) in [6, 6.07) is 8.78. The molecule has 0 amide bonds. The maximum Gasteiger partial charge on any atom is 0.338 e. The first kappa shape index (κ1) is 64.4. The van der Waals surface area contributed by atoms with Crippen molar-refractivity contribution in [3.63, 3.8) is 0 Å². The van der Waals surface area contributed by atoms with Crippen LogP contribution in [0, 0.1) is 22.7 Å². The van der Waals surface area contributed by atoms with Gasteiger partial charge in [-0.25, -0.2) is 4.79 Å². The molecule has 84 heavy (non-hydrogen) atoms. The maximum absolute atomic E-state index is 13.8. The molecule has 21 nitrogen and oxygen atoms in total. The zero-order valence-corrected chi connectivity index (χ0v) is 51.5. The molecular weight excluding hydrogens is 1090 g/mol. The first-order valence-electron chi connectivity index (χ1n) is 30.8. The smallest absolute Gasteiger partial charge is 0.338 e. The molecule has 0 unspecified atom stereocenters. The van der Waals surface area contributed by atoms with E-state index in [1.165, 1.54) is 6.92 Å². The van der Waals surface area contributed by atoms with Crippen LogP contribution in [0.1, 0.15) is 143 Å². The Bertz CT molecular complexity index is 2420. The first-order chi connectivity index (χ1) is 40.0. The predicted octanol–water partition coefficient (Wildman–Crippen LogP) is 6.26. The van der Waals surface area contributed by atoms with Crippen LogP contribution in [-0.4, -0.2) is 209 Å². The highest BCUT2D eigenvalue weighted by Gasteiger charge is 2.77. The van der Waals surface area contributed by atoms with E-state index >= 15 is 0 Å². The Kier molecular flexibility index (Phi) is 20.0. The van der Waals surface area contributed by atoms with Crippen LogP contribution in [0.4, 0.5) is 0 Å². The first-order valence-corrected chi connectivity index (χ1v) is 30.8. The minimum absolute atomic E-state index is 0.0854. The standard InChI is InChI=1S/C63H96O21/c1-32(64)41-21-24-63(68)61(41,8)48(80-59(66)38-17-15-14-16-18-38)31-47-60(7)22-20-40(25-39(60)19-23-62(47,63)67)79-49-27-43(70-10)55(34(3)75-49)82-51-29-45(72-12)57(36(5)77-51)84-53-30-46(73-13)58(37(6)78-53)83-52-28-44(71-11)56(35(4)76-52)81-50-26-42(69-9)54(65)33(2)74-50/h14-19,33-37,40-58,65,67-68H,20-31H2,1-13H3/t33-,34-,35-,36-,37-,40+,41+,42+,43+,44+,45+,46+,47-,48-,49+,50+,51+,52+,53+,54-,55-,56-,57-,58-,60+,61+,62+,63-/m1/s1. The zero-order chi connectivity index (χ0) is 60.2. The van der Waals surface area contributed by atoms with Gasteiger partial charge in [-0.2, -0.15) is 0 Å². The van der Waals surface area contributed by atoms with Crippen molar-refractivity contribution < 1.29 is 101 Å². The fraction of sp³-hybridized carbons (Fsp3) is 0.841. The maximum atomic E-state index is 13.8. The van der Waals surface area contributed by atoms with Crippen LogP contribution in [0.25, 0.3) is 0 Å². The number of hydrogen-bond donors (Lipinski definition) is 3. The monoisotopic (exact) mass is 1190 g/mol. The zero-order valence-electron chi connectivity index (χ0n) is 51.5. The van der Waals surface area contributed by atoms with Crippen molar-refractivity contribution in [2.45, 2.75) is 279 Å². The van der Waals surface area contributed by atoms with Crippen molar-refractivity contribution in [1.29, 1.82) is 0 Å². The van der Waals surface area contributed by atoms with Gasteiger partial charge in [0, 0.05) is 84.9 Å². The lowest BCUT2D eigenvalue weighted by Gasteiger charge is -2.66. The molecule has 8 fully saturated rings. The highest BCUT2D eigenvalue weighted by atomic mass is 16.8. The van der Waals surface area contributed by atoms with E-state index in [9.17, 15) is 24.9 Å². The lowest BCUT2D eigenvalue weighted by Crippen LogP contribution is -2.75. The molecule has 28 atom stereocenters. The summed E-state index contributed by atoms with van der Waals surface area (Å²) < 4.78 is 101. The molecule has 474 valence electrons. The van der Waals surface area contributed by atoms with Gasteiger partial charge in [-0.1, -0.05) is 43.7 Å². The third-order valence-corrected chi connectivity index (χ3v) is 21.4. The van der Waals surface area contributed by atoms with E-state index in [4.69, 9.17) is 75.8 Å². The molecule has 1 aromatic rings. The summed E-state index contributed by atoms with van der Waals surface area (Å²) in [6.45, 7) is 15.1. The Balaban J connectivity index is 0.718. The molecule has 4 aliphatic carbocycles. The summed E-state index contributed by atoms with van der Waals surface area (Å²) in [5.74, 6) is -1.64. The Morgan fingerprint density at radius 3 is 1.43 bits per heavy atom. The summed E-state index contributed by atoms with van der Waals surface area (Å²) in [5.41, 5.74) is -3.46. The SMILES string of the molecule is CO[C@H]1C[C@H](O[C@H]2[C@@H](OC)C[C@H](O[C@H]3[C@@H](OC)C[C@H](O[C@H]4[C@@H](OC)C[C@H](O[C@H]5[C@@H](OC)C[C@H](O[C@H]6CC[C@@]7(C)C(=CC[C@]8(O)[C@@H]7C[C@@H](OC(=O)c7ccccc7)[C@]7(C)[C@H](C(C)=O)CC[C@@]78O)C6)O[C@@H]5C)O[C@@H]4C)O[C@@H]3C)O[C@@H]2C)O[C@H](C)[C@H]1O. The molecule has 21 heteroatoms. The van der Waals surface area contributed by atoms with Crippen molar-refractivity contribution >= 4 is 11.8 Å². The number of ketones is 1. The molecular formula is C63H96O21. The van der Waals surface area contributed by atoms with Crippen molar-refractivity contribution in [3.8, 4) is 0 Å². The van der Waals surface area contributed by atoms with Gasteiger partial charge in [0.2, 0.25) is 0 Å². The van der Waals surface area contributed by atoms with Gasteiger partial charge < -0.3 is 91.1 Å². The van der Waals surface area contributed by atoms with Gasteiger partial charge in [0.1, 0.15) is 53.6 Å². The number of aliphatic hydroxyl groups excluding tert-OH is 1. The molecule has 0 bridgehead atoms. The van der Waals surface area contributed by atoms with Crippen molar-refractivity contribution in [2.24, 2.45) is 22.7 Å². The summed E-state index contributed by atoms with van der Waals surface area (Å²) in [7, 11) is 8.16. The fourth-order valence-corrected chi connectivity index (χ4v) is 16.6. The molecule has 5 heterocycles. The number of ether oxygens (including phenoxy) is 16. The van der Waals surface area contributed by atoms with E-state index in [1.54, 1.807) is 66.7 Å². The number of Topliss-reactive ketones (excluding diaryl/α,β-unsaturated/α-hetero) is 1. The molecule has 0 spiro atoms. The molecule has 3 N–H and O–H groups in total. The Labute approximate surface area is 495 Å². The van der Waals surface area contributed by atoms with Gasteiger partial charge in [-0.05, 0) is 104 Å². The third-order valence-electron chi connectivity index (χ3n) is 21.4. The summed E-state index contributed by atoms with van der Waals surface area (Å²) in [5, 5.41) is 36.5. The Morgan fingerprint density at radius 1 is 0.560 bits per heavy atom. The predicted molar refractivity (Wildman–Crippen MR) is 299 cm³/mol. The molecule has 5 aliphatic heterocycles. The van der Waals surface area contributed by atoms with Gasteiger partial charge in [-0.15, -0.1) is 0 Å². The fourth-order valence-electron chi connectivity index (χ4n) is 16.6. The number of fused-ring (bicyclic) bond motifs is 5. The molecule has 0 radical (unpaired) electrons.